The number of hydrogen-bond acceptors (Lipinski definition) is 17. The standard InChI is InChI=1S/C61H123N9O13/c1-48(71)54(76)56(78)58(80)60(82)68-42-44-70(45-43-69-61(83)59(81)57(79)55(77)49(2)72)53(75)35-34-52(74)67-41-28-22-19-17-15-13-11-9-7-5-3-4-6-8-10-12-14-16-18-20-25-33-51(73)66-40-29-23-21-24-32-50(46-64-38-30-26-36-62)47-65-39-31-27-37-63/h48-50,54-59,64-65,71-72,76-81H,3-47,62-63H2,1-2H3,(H,66,73)(H,67,74)(H,68,82)(H,69,83)/t48-,49-,54-,55-,56+,57+,58-,59-/m1/s1. The van der Waals surface area contributed by atoms with E-state index in [0.29, 0.717) is 18.9 Å². The lowest BCUT2D eigenvalue weighted by atomic mass is 10.00. The first-order valence-corrected chi connectivity index (χ1v) is 32.6. The molecule has 0 saturated carbocycles. The zero-order chi connectivity index (χ0) is 61.7. The number of unbranched alkanes of at least 4 members (excludes halogenated alkanes) is 25. The average Bonchev–Trinajstić information content (AvgIpc) is 3.54. The molecule has 0 unspecified atom stereocenters. The summed E-state index contributed by atoms with van der Waals surface area (Å²) in [5.41, 5.74) is 11.3. The molecule has 0 aliphatic rings. The van der Waals surface area contributed by atoms with Crippen molar-refractivity contribution < 1.29 is 64.8 Å². The molecule has 0 radical (unpaired) electrons. The molecule has 0 rings (SSSR count). The summed E-state index contributed by atoms with van der Waals surface area (Å²) in [6.45, 7) is 8.49. The summed E-state index contributed by atoms with van der Waals surface area (Å²) in [4.78, 5) is 64.1. The third kappa shape index (κ3) is 45.8. The largest absolute Gasteiger partial charge is 0.391 e. The van der Waals surface area contributed by atoms with Crippen LogP contribution in [0.25, 0.3) is 0 Å². The maximum absolute atomic E-state index is 13.2. The van der Waals surface area contributed by atoms with E-state index in [2.05, 4.69) is 31.9 Å². The highest BCUT2D eigenvalue weighted by Crippen LogP contribution is 2.16. The summed E-state index contributed by atoms with van der Waals surface area (Å²) < 4.78 is 0. The van der Waals surface area contributed by atoms with Crippen LogP contribution in [0.15, 0.2) is 0 Å². The van der Waals surface area contributed by atoms with Gasteiger partial charge in [0.25, 0.3) is 11.8 Å². The Kier molecular flexibility index (Phi) is 53.4. The Hall–Kier alpha value is -3.13. The Morgan fingerprint density at radius 2 is 0.687 bits per heavy atom. The van der Waals surface area contributed by atoms with Crippen LogP contribution in [-0.2, 0) is 24.0 Å². The SMILES string of the molecule is C[C@@H](O)[C@@H](O)[C@H](O)[C@@H](O)C(=O)NCCN(CCNC(=O)[C@H](O)[C@@H](O)[C@H](O)[C@@H](C)O)C(=O)CCC(=O)NCCCCCCCCCCCCCCCCCCCCCCCC(=O)NCCCCCCC(CNCCCCN)CNCCCCN. The minimum Gasteiger partial charge on any atom is -0.391 e. The van der Waals surface area contributed by atoms with E-state index in [1.165, 1.54) is 141 Å². The summed E-state index contributed by atoms with van der Waals surface area (Å²) in [6, 6.07) is 0. The molecule has 18 N–H and O–H groups in total. The molecule has 0 aliphatic heterocycles. The second-order valence-corrected chi connectivity index (χ2v) is 23.1. The van der Waals surface area contributed by atoms with E-state index in [-0.39, 0.29) is 50.8 Å². The second kappa shape index (κ2) is 55.4. The summed E-state index contributed by atoms with van der Waals surface area (Å²) >= 11 is 0. The van der Waals surface area contributed by atoms with Gasteiger partial charge in [-0.2, -0.15) is 0 Å². The third-order valence-electron chi connectivity index (χ3n) is 15.4. The van der Waals surface area contributed by atoms with Crippen LogP contribution < -0.4 is 43.4 Å². The van der Waals surface area contributed by atoms with E-state index in [9.17, 15) is 64.8 Å². The van der Waals surface area contributed by atoms with Crippen LogP contribution in [0, 0.1) is 5.92 Å². The fraction of sp³-hybridized carbons (Fsp3) is 0.918. The Morgan fingerprint density at radius 1 is 0.361 bits per heavy atom. The van der Waals surface area contributed by atoms with Gasteiger partial charge in [0.2, 0.25) is 17.7 Å². The highest BCUT2D eigenvalue weighted by molar-refractivity contribution is 5.84. The van der Waals surface area contributed by atoms with Crippen LogP contribution in [0.3, 0.4) is 0 Å². The molecule has 5 amide bonds. The second-order valence-electron chi connectivity index (χ2n) is 23.1. The quantitative estimate of drug-likeness (QED) is 0.0389. The number of aliphatic hydroxyl groups is 8. The zero-order valence-electron chi connectivity index (χ0n) is 51.7. The van der Waals surface area contributed by atoms with Crippen molar-refractivity contribution in [3.8, 4) is 0 Å². The predicted molar refractivity (Wildman–Crippen MR) is 328 cm³/mol. The summed E-state index contributed by atoms with van der Waals surface area (Å²) in [6.07, 6.45) is 21.5. The van der Waals surface area contributed by atoms with Crippen molar-refractivity contribution >= 4 is 29.5 Å². The normalized spacial score (nSPS) is 14.6. The number of aliphatic hydroxyl groups excluding tert-OH is 8. The van der Waals surface area contributed by atoms with Crippen molar-refractivity contribution in [1.82, 2.24) is 36.8 Å². The fourth-order valence-corrected chi connectivity index (χ4v) is 9.82. The van der Waals surface area contributed by atoms with Gasteiger partial charge in [-0.3, -0.25) is 24.0 Å². The topological polar surface area (TPSA) is 375 Å². The van der Waals surface area contributed by atoms with Gasteiger partial charge in [0.1, 0.15) is 24.4 Å². The number of carbonyl (C=O) groups is 5. The van der Waals surface area contributed by atoms with Gasteiger partial charge in [0.15, 0.2) is 12.2 Å². The van der Waals surface area contributed by atoms with Crippen molar-refractivity contribution in [2.45, 2.75) is 275 Å². The molecule has 0 aliphatic carbocycles. The van der Waals surface area contributed by atoms with Crippen LogP contribution in [0.5, 0.6) is 0 Å². The summed E-state index contributed by atoms with van der Waals surface area (Å²) in [5.74, 6) is -2.15. The Bertz CT molecular complexity index is 1520. The van der Waals surface area contributed by atoms with Gasteiger partial charge in [-0.05, 0) is 110 Å². The molecule has 22 heteroatoms. The van der Waals surface area contributed by atoms with Gasteiger partial charge >= 0.3 is 0 Å². The van der Waals surface area contributed by atoms with Crippen molar-refractivity contribution in [2.24, 2.45) is 17.4 Å². The number of carbonyl (C=O) groups excluding carboxylic acids is 5. The first kappa shape index (κ1) is 79.9. The van der Waals surface area contributed by atoms with E-state index in [0.717, 1.165) is 116 Å². The molecule has 0 spiro atoms. The molecule has 0 saturated heterocycles. The van der Waals surface area contributed by atoms with Crippen LogP contribution in [0.2, 0.25) is 0 Å². The molecule has 0 fully saturated rings. The predicted octanol–water partition coefficient (Wildman–Crippen LogP) is 2.79. The van der Waals surface area contributed by atoms with Gasteiger partial charge in [-0.1, -0.05) is 141 Å². The lowest BCUT2D eigenvalue weighted by Crippen LogP contribution is -2.52. The van der Waals surface area contributed by atoms with Gasteiger partial charge in [0.05, 0.1) is 12.2 Å². The zero-order valence-corrected chi connectivity index (χ0v) is 51.7. The van der Waals surface area contributed by atoms with Crippen molar-refractivity contribution in [1.29, 1.82) is 0 Å². The maximum atomic E-state index is 13.2. The monoisotopic (exact) mass is 1190 g/mol. The highest BCUT2D eigenvalue weighted by Gasteiger charge is 2.34. The number of hydrogen-bond donors (Lipinski definition) is 16. The van der Waals surface area contributed by atoms with E-state index in [1.807, 2.05) is 0 Å². The fourth-order valence-electron chi connectivity index (χ4n) is 9.82. The van der Waals surface area contributed by atoms with Gasteiger partial charge in [-0.25, -0.2) is 0 Å². The van der Waals surface area contributed by atoms with E-state index >= 15 is 0 Å². The van der Waals surface area contributed by atoms with Gasteiger partial charge < -0.3 is 89.1 Å². The molecule has 490 valence electrons. The minimum absolute atomic E-state index is 0.125. The third-order valence-corrected chi connectivity index (χ3v) is 15.4. The van der Waals surface area contributed by atoms with Crippen molar-refractivity contribution in [3.63, 3.8) is 0 Å². The number of nitrogens with two attached hydrogens (primary N) is 2. The van der Waals surface area contributed by atoms with Crippen LogP contribution in [-0.4, -0.2) is 203 Å². The maximum Gasteiger partial charge on any atom is 0.251 e. The first-order valence-electron chi connectivity index (χ1n) is 32.6. The van der Waals surface area contributed by atoms with E-state index in [1.54, 1.807) is 0 Å². The average molecular weight is 1190 g/mol. The number of amides is 5. The van der Waals surface area contributed by atoms with E-state index in [4.69, 9.17) is 11.5 Å². The van der Waals surface area contributed by atoms with E-state index < -0.39 is 66.6 Å². The molecule has 0 aromatic carbocycles. The number of rotatable bonds is 60. The Labute approximate surface area is 500 Å². The number of nitrogens with zero attached hydrogens (tertiary/aromatic N) is 1. The Morgan fingerprint density at radius 3 is 1.05 bits per heavy atom. The molecule has 83 heavy (non-hydrogen) atoms. The molecule has 0 bridgehead atoms. The molecular weight excluding hydrogens is 1070 g/mol. The van der Waals surface area contributed by atoms with Crippen LogP contribution in [0.4, 0.5) is 0 Å². The molecule has 8 atom stereocenters. The van der Waals surface area contributed by atoms with Crippen molar-refractivity contribution in [3.05, 3.63) is 0 Å². The Balaban J connectivity index is 3.99. The van der Waals surface area contributed by atoms with Gasteiger partial charge in [-0.15, -0.1) is 0 Å². The number of nitrogens with one attached hydrogen (secondary N) is 6. The molecule has 22 nitrogen and oxygen atoms in total. The van der Waals surface area contributed by atoms with Crippen LogP contribution in [0.1, 0.15) is 226 Å². The van der Waals surface area contributed by atoms with Crippen molar-refractivity contribution in [2.75, 3.05) is 78.5 Å². The first-order chi connectivity index (χ1) is 40.0. The summed E-state index contributed by atoms with van der Waals surface area (Å²) in [5, 5.41) is 96.6. The molecule has 0 aromatic rings. The lowest BCUT2D eigenvalue weighted by Gasteiger charge is -2.26. The molecule has 0 aromatic heterocycles. The highest BCUT2D eigenvalue weighted by atomic mass is 16.4. The molecule has 0 heterocycles. The summed E-state index contributed by atoms with van der Waals surface area (Å²) in [7, 11) is 0. The smallest absolute Gasteiger partial charge is 0.251 e. The lowest BCUT2D eigenvalue weighted by molar-refractivity contribution is -0.146. The molecular formula is C61H123N9O13. The van der Waals surface area contributed by atoms with Gasteiger partial charge in [0, 0.05) is 58.5 Å². The van der Waals surface area contributed by atoms with Crippen LogP contribution >= 0.6 is 0 Å². The minimum atomic E-state index is -2.09.